The number of sulfonamides is 1. The van der Waals surface area contributed by atoms with Gasteiger partial charge in [-0.2, -0.15) is 0 Å². The minimum atomic E-state index is -3.54. The summed E-state index contributed by atoms with van der Waals surface area (Å²) in [6.07, 6.45) is 0.825. The smallest absolute Gasteiger partial charge is 0.250 e. The fourth-order valence-corrected chi connectivity index (χ4v) is 5.39. The molecule has 2 heterocycles. The van der Waals surface area contributed by atoms with E-state index in [1.807, 2.05) is 30.3 Å². The van der Waals surface area contributed by atoms with Crippen LogP contribution in [0.3, 0.4) is 0 Å². The second kappa shape index (κ2) is 6.79. The minimum Gasteiger partial charge on any atom is -0.480 e. The molecule has 26 heavy (non-hydrogen) atoms. The first kappa shape index (κ1) is 17.1. The van der Waals surface area contributed by atoms with Gasteiger partial charge in [0, 0.05) is 18.0 Å². The Morgan fingerprint density at radius 3 is 2.58 bits per heavy atom. The van der Waals surface area contributed by atoms with E-state index in [1.165, 1.54) is 24.0 Å². The number of benzene rings is 1. The first-order valence-corrected chi connectivity index (χ1v) is 10.4. The summed E-state index contributed by atoms with van der Waals surface area (Å²) in [6, 6.07) is 16.7. The lowest BCUT2D eigenvalue weighted by molar-refractivity contribution is 0.392. The van der Waals surface area contributed by atoms with Crippen molar-refractivity contribution in [3.63, 3.8) is 0 Å². The summed E-state index contributed by atoms with van der Waals surface area (Å²) in [7, 11) is -2.02. The standard InChI is InChI=1S/C18H17N3O3S2/c1-24-17-9-7-14(19-20-17)16-8-10-18(25-16)26(22,23)21-15-11-13(15)12-5-3-2-4-6-12/h2-10,13,15,21H,11H2,1H3/t13-,15+/m1/s1. The van der Waals surface area contributed by atoms with Crippen LogP contribution in [0, 0.1) is 0 Å². The van der Waals surface area contributed by atoms with Crippen molar-refractivity contribution in [2.75, 3.05) is 7.11 Å². The summed E-state index contributed by atoms with van der Waals surface area (Å²) in [6.45, 7) is 0. The summed E-state index contributed by atoms with van der Waals surface area (Å²) in [5.74, 6) is 0.665. The molecule has 8 heteroatoms. The van der Waals surface area contributed by atoms with E-state index in [1.54, 1.807) is 24.3 Å². The molecular weight excluding hydrogens is 370 g/mol. The quantitative estimate of drug-likeness (QED) is 0.703. The van der Waals surface area contributed by atoms with Crippen LogP contribution in [0.4, 0.5) is 0 Å². The largest absolute Gasteiger partial charge is 0.480 e. The van der Waals surface area contributed by atoms with E-state index in [2.05, 4.69) is 14.9 Å². The lowest BCUT2D eigenvalue weighted by Gasteiger charge is -2.04. The minimum absolute atomic E-state index is 0.0475. The van der Waals surface area contributed by atoms with Crippen molar-refractivity contribution >= 4 is 21.4 Å². The zero-order valence-electron chi connectivity index (χ0n) is 14.0. The summed E-state index contributed by atoms with van der Waals surface area (Å²) >= 11 is 1.18. The molecule has 1 saturated carbocycles. The Morgan fingerprint density at radius 2 is 1.88 bits per heavy atom. The summed E-state index contributed by atoms with van der Waals surface area (Å²) in [5, 5.41) is 7.98. The van der Waals surface area contributed by atoms with E-state index in [4.69, 9.17) is 4.74 Å². The highest BCUT2D eigenvalue weighted by Gasteiger charge is 2.41. The van der Waals surface area contributed by atoms with Gasteiger partial charge in [0.25, 0.3) is 0 Å². The molecule has 0 radical (unpaired) electrons. The number of hydrogen-bond donors (Lipinski definition) is 1. The molecule has 1 aliphatic carbocycles. The molecule has 4 rings (SSSR count). The Morgan fingerprint density at radius 1 is 1.08 bits per heavy atom. The van der Waals surface area contributed by atoms with E-state index in [-0.39, 0.29) is 16.2 Å². The van der Waals surface area contributed by atoms with Crippen molar-refractivity contribution in [3.05, 3.63) is 60.2 Å². The van der Waals surface area contributed by atoms with E-state index >= 15 is 0 Å². The highest BCUT2D eigenvalue weighted by molar-refractivity contribution is 7.91. The second-order valence-corrected chi connectivity index (χ2v) is 9.08. The summed E-state index contributed by atoms with van der Waals surface area (Å²) in [4.78, 5) is 0.746. The van der Waals surface area contributed by atoms with Crippen molar-refractivity contribution in [3.8, 4) is 16.5 Å². The SMILES string of the molecule is COc1ccc(-c2ccc(S(=O)(=O)N[C@H]3C[C@@H]3c3ccccc3)s2)nn1. The first-order chi connectivity index (χ1) is 12.6. The van der Waals surface area contributed by atoms with Crippen LogP contribution in [-0.2, 0) is 10.0 Å². The zero-order valence-corrected chi connectivity index (χ0v) is 15.6. The molecule has 6 nitrogen and oxygen atoms in total. The van der Waals surface area contributed by atoms with Gasteiger partial charge in [0.05, 0.1) is 12.0 Å². The maximum absolute atomic E-state index is 12.6. The lowest BCUT2D eigenvalue weighted by Crippen LogP contribution is -2.26. The first-order valence-electron chi connectivity index (χ1n) is 8.12. The third kappa shape index (κ3) is 3.48. The van der Waals surface area contributed by atoms with Gasteiger partial charge >= 0.3 is 0 Å². The van der Waals surface area contributed by atoms with Gasteiger partial charge in [0.15, 0.2) is 0 Å². The van der Waals surface area contributed by atoms with Crippen molar-refractivity contribution in [1.82, 2.24) is 14.9 Å². The average molecular weight is 387 g/mol. The number of rotatable bonds is 6. The molecular formula is C18H17N3O3S2. The van der Waals surface area contributed by atoms with Gasteiger partial charge in [-0.3, -0.25) is 0 Å². The molecule has 0 amide bonds. The van der Waals surface area contributed by atoms with Crippen molar-refractivity contribution in [2.24, 2.45) is 0 Å². The second-order valence-electron chi connectivity index (χ2n) is 6.06. The number of hydrogen-bond acceptors (Lipinski definition) is 6. The molecule has 0 bridgehead atoms. The van der Waals surface area contributed by atoms with Crippen LogP contribution in [0.5, 0.6) is 5.88 Å². The van der Waals surface area contributed by atoms with Gasteiger partial charge in [-0.15, -0.1) is 21.5 Å². The highest BCUT2D eigenvalue weighted by atomic mass is 32.2. The maximum Gasteiger partial charge on any atom is 0.250 e. The Bertz CT molecular complexity index is 1000. The number of aromatic nitrogens is 2. The van der Waals surface area contributed by atoms with E-state index < -0.39 is 10.0 Å². The van der Waals surface area contributed by atoms with Gasteiger partial charge in [-0.25, -0.2) is 13.1 Å². The van der Waals surface area contributed by atoms with E-state index in [9.17, 15) is 8.42 Å². The number of methoxy groups -OCH3 is 1. The third-order valence-electron chi connectivity index (χ3n) is 4.27. The lowest BCUT2D eigenvalue weighted by atomic mass is 10.1. The van der Waals surface area contributed by atoms with Crippen LogP contribution in [0.2, 0.25) is 0 Å². The van der Waals surface area contributed by atoms with Crippen molar-refractivity contribution < 1.29 is 13.2 Å². The Labute approximate surface area is 155 Å². The van der Waals surface area contributed by atoms with Crippen LogP contribution in [-0.4, -0.2) is 31.8 Å². The Hall–Kier alpha value is -2.29. The number of thiophene rings is 1. The topological polar surface area (TPSA) is 81.2 Å². The highest BCUT2D eigenvalue weighted by Crippen LogP contribution is 2.42. The molecule has 1 aliphatic rings. The Kier molecular flexibility index (Phi) is 4.47. The average Bonchev–Trinajstić information content (AvgIpc) is 3.22. The molecule has 2 aromatic heterocycles. The van der Waals surface area contributed by atoms with Gasteiger partial charge < -0.3 is 4.74 Å². The van der Waals surface area contributed by atoms with Gasteiger partial charge in [0.1, 0.15) is 9.90 Å². The van der Waals surface area contributed by atoms with Gasteiger partial charge in [-0.1, -0.05) is 30.3 Å². The van der Waals surface area contributed by atoms with E-state index in [0.29, 0.717) is 11.6 Å². The number of nitrogens with zero attached hydrogens (tertiary/aromatic N) is 2. The van der Waals surface area contributed by atoms with Crippen LogP contribution < -0.4 is 9.46 Å². The van der Waals surface area contributed by atoms with Crippen LogP contribution >= 0.6 is 11.3 Å². The summed E-state index contributed by atoms with van der Waals surface area (Å²) < 4.78 is 33.4. The van der Waals surface area contributed by atoms with Crippen molar-refractivity contribution in [2.45, 2.75) is 22.6 Å². The van der Waals surface area contributed by atoms with Crippen LogP contribution in [0.25, 0.3) is 10.6 Å². The third-order valence-corrected chi connectivity index (χ3v) is 7.36. The van der Waals surface area contributed by atoms with E-state index in [0.717, 1.165) is 11.3 Å². The van der Waals surface area contributed by atoms with Gasteiger partial charge in [0.2, 0.25) is 15.9 Å². The summed E-state index contributed by atoms with van der Waals surface area (Å²) in [5.41, 5.74) is 1.78. The molecule has 2 atom stereocenters. The molecule has 1 aromatic carbocycles. The fraction of sp³-hybridized carbons (Fsp3) is 0.222. The normalized spacial score (nSPS) is 19.3. The molecule has 0 spiro atoms. The molecule has 0 unspecified atom stereocenters. The van der Waals surface area contributed by atoms with Crippen LogP contribution in [0.15, 0.2) is 58.8 Å². The van der Waals surface area contributed by atoms with Crippen LogP contribution in [0.1, 0.15) is 17.9 Å². The number of nitrogens with one attached hydrogen (secondary N) is 1. The number of ether oxygens (including phenoxy) is 1. The monoisotopic (exact) mass is 387 g/mol. The maximum atomic E-state index is 12.6. The predicted molar refractivity (Wildman–Crippen MR) is 99.8 cm³/mol. The fourth-order valence-electron chi connectivity index (χ4n) is 2.81. The predicted octanol–water partition coefficient (Wildman–Crippen LogP) is 3.05. The Balaban J connectivity index is 1.48. The molecule has 0 saturated heterocycles. The molecule has 1 fully saturated rings. The zero-order chi connectivity index (χ0) is 18.1. The molecule has 134 valence electrons. The van der Waals surface area contributed by atoms with Crippen molar-refractivity contribution in [1.29, 1.82) is 0 Å². The van der Waals surface area contributed by atoms with Gasteiger partial charge in [-0.05, 0) is 30.2 Å². The molecule has 3 aromatic rings. The molecule has 1 N–H and O–H groups in total. The molecule has 0 aliphatic heterocycles.